The monoisotopic (exact) mass is 363 g/mol. The first-order valence-corrected chi connectivity index (χ1v) is 11.4. The van der Waals surface area contributed by atoms with Crippen molar-refractivity contribution in [2.24, 2.45) is 5.92 Å². The highest BCUT2D eigenvalue weighted by molar-refractivity contribution is 5.62. The molecular weight excluding hydrogens is 326 g/mol. The summed E-state index contributed by atoms with van der Waals surface area (Å²) < 4.78 is 0. The maximum atomic E-state index is 4.84. The van der Waals surface area contributed by atoms with Crippen LogP contribution in [0, 0.1) is 5.92 Å². The minimum atomic E-state index is 0.678. The molecule has 0 saturated heterocycles. The number of hydrogen-bond donors (Lipinski definition) is 0. The second kappa shape index (κ2) is 10.6. The van der Waals surface area contributed by atoms with Crippen LogP contribution in [0.15, 0.2) is 42.6 Å². The van der Waals surface area contributed by atoms with Crippen LogP contribution >= 0.6 is 0 Å². The van der Waals surface area contributed by atoms with E-state index in [0.29, 0.717) is 5.92 Å². The smallest absolute Gasteiger partial charge is 0.0434 e. The van der Waals surface area contributed by atoms with Crippen molar-refractivity contribution < 1.29 is 0 Å². The molecule has 1 aromatic carbocycles. The Labute approximate surface area is 166 Å². The van der Waals surface area contributed by atoms with Crippen molar-refractivity contribution in [3.05, 3.63) is 53.9 Å². The summed E-state index contributed by atoms with van der Waals surface area (Å²) in [6.07, 6.45) is 16.8. The van der Waals surface area contributed by atoms with Crippen molar-refractivity contribution in [1.82, 2.24) is 4.98 Å². The summed E-state index contributed by atoms with van der Waals surface area (Å²) in [5.41, 5.74) is 5.30. The molecule has 1 aromatic heterocycles. The van der Waals surface area contributed by atoms with Gasteiger partial charge in [-0.05, 0) is 61.6 Å². The molecule has 27 heavy (non-hydrogen) atoms. The normalized spacial score (nSPS) is 19.9. The van der Waals surface area contributed by atoms with Crippen molar-refractivity contribution in [2.45, 2.75) is 90.4 Å². The third-order valence-corrected chi connectivity index (χ3v) is 6.35. The maximum absolute atomic E-state index is 4.84. The van der Waals surface area contributed by atoms with Crippen LogP contribution < -0.4 is 0 Å². The molecule has 0 atom stereocenters. The number of rotatable bonds is 9. The first kappa shape index (κ1) is 20.1. The predicted molar refractivity (Wildman–Crippen MR) is 117 cm³/mol. The number of aryl methyl sites for hydroxylation is 1. The van der Waals surface area contributed by atoms with Crippen molar-refractivity contribution >= 4 is 0 Å². The third kappa shape index (κ3) is 5.92. The van der Waals surface area contributed by atoms with Gasteiger partial charge in [-0.3, -0.25) is 4.98 Å². The molecule has 146 valence electrons. The van der Waals surface area contributed by atoms with Crippen LogP contribution in [-0.4, -0.2) is 4.98 Å². The van der Waals surface area contributed by atoms with E-state index in [9.17, 15) is 0 Å². The Morgan fingerprint density at radius 1 is 0.778 bits per heavy atom. The molecule has 0 N–H and O–H groups in total. The molecule has 1 aliphatic carbocycles. The van der Waals surface area contributed by atoms with Gasteiger partial charge in [0.05, 0.1) is 0 Å². The summed E-state index contributed by atoms with van der Waals surface area (Å²) in [4.78, 5) is 4.84. The Hall–Kier alpha value is -1.63. The van der Waals surface area contributed by atoms with Crippen LogP contribution in [0.4, 0.5) is 0 Å². The fraction of sp³-hybridized carbons (Fsp3) is 0.577. The Morgan fingerprint density at radius 3 is 2.15 bits per heavy atom. The van der Waals surface area contributed by atoms with Crippen molar-refractivity contribution in [1.29, 1.82) is 0 Å². The molecule has 1 aliphatic rings. The van der Waals surface area contributed by atoms with Crippen molar-refractivity contribution in [3.63, 3.8) is 0 Å². The van der Waals surface area contributed by atoms with E-state index in [2.05, 4.69) is 56.4 Å². The van der Waals surface area contributed by atoms with Crippen LogP contribution in [0.1, 0.15) is 95.2 Å². The van der Waals surface area contributed by atoms with Gasteiger partial charge in [-0.25, -0.2) is 0 Å². The zero-order valence-electron chi connectivity index (χ0n) is 17.4. The molecular formula is C26H37N. The van der Waals surface area contributed by atoms with Gasteiger partial charge in [0.15, 0.2) is 0 Å². The molecule has 1 heterocycles. The Bertz CT molecular complexity index is 648. The van der Waals surface area contributed by atoms with Gasteiger partial charge in [-0.2, -0.15) is 0 Å². The quantitative estimate of drug-likeness (QED) is 0.412. The highest BCUT2D eigenvalue weighted by atomic mass is 14.7. The molecule has 0 radical (unpaired) electrons. The molecule has 0 bridgehead atoms. The lowest BCUT2D eigenvalue weighted by atomic mass is 9.78. The highest BCUT2D eigenvalue weighted by Gasteiger charge is 2.22. The fourth-order valence-corrected chi connectivity index (χ4v) is 4.59. The van der Waals surface area contributed by atoms with E-state index in [1.807, 2.05) is 0 Å². The number of pyridine rings is 1. The highest BCUT2D eigenvalue weighted by Crippen LogP contribution is 2.37. The van der Waals surface area contributed by atoms with Gasteiger partial charge in [0.25, 0.3) is 0 Å². The van der Waals surface area contributed by atoms with Crippen LogP contribution in [0.25, 0.3) is 11.1 Å². The van der Waals surface area contributed by atoms with Gasteiger partial charge >= 0.3 is 0 Å². The number of unbranched alkanes of at least 4 members (excludes halogenated alkanes) is 3. The lowest BCUT2D eigenvalue weighted by Gasteiger charge is -2.28. The van der Waals surface area contributed by atoms with Crippen LogP contribution in [-0.2, 0) is 6.42 Å². The number of benzene rings is 1. The summed E-state index contributed by atoms with van der Waals surface area (Å²) in [7, 11) is 0. The number of hydrogen-bond acceptors (Lipinski definition) is 1. The average Bonchev–Trinajstić information content (AvgIpc) is 2.73. The number of nitrogens with zero attached hydrogens (tertiary/aromatic N) is 1. The molecule has 0 unspecified atom stereocenters. The van der Waals surface area contributed by atoms with Crippen molar-refractivity contribution in [3.8, 4) is 11.1 Å². The summed E-state index contributed by atoms with van der Waals surface area (Å²) in [5.74, 6) is 1.64. The summed E-state index contributed by atoms with van der Waals surface area (Å²) in [6.45, 7) is 4.58. The molecule has 0 aliphatic heterocycles. The third-order valence-electron chi connectivity index (χ3n) is 6.35. The van der Waals surface area contributed by atoms with Gasteiger partial charge in [-0.15, -0.1) is 0 Å². The van der Waals surface area contributed by atoms with E-state index in [4.69, 9.17) is 4.98 Å². The van der Waals surface area contributed by atoms with E-state index in [0.717, 1.165) is 5.92 Å². The molecule has 1 fully saturated rings. The van der Waals surface area contributed by atoms with E-state index < -0.39 is 0 Å². The fourth-order valence-electron chi connectivity index (χ4n) is 4.59. The van der Waals surface area contributed by atoms with Crippen LogP contribution in [0.2, 0.25) is 0 Å². The topological polar surface area (TPSA) is 12.9 Å². The van der Waals surface area contributed by atoms with Gasteiger partial charge in [0, 0.05) is 23.4 Å². The molecule has 0 amide bonds. The molecule has 0 spiro atoms. The van der Waals surface area contributed by atoms with Gasteiger partial charge < -0.3 is 0 Å². The predicted octanol–water partition coefficient (Wildman–Crippen LogP) is 7.95. The Kier molecular flexibility index (Phi) is 7.93. The average molecular weight is 364 g/mol. The van der Waals surface area contributed by atoms with E-state index in [-0.39, 0.29) is 0 Å². The Balaban J connectivity index is 1.54. The summed E-state index contributed by atoms with van der Waals surface area (Å²) >= 11 is 0. The number of aromatic nitrogens is 1. The summed E-state index contributed by atoms with van der Waals surface area (Å²) in [5, 5.41) is 0. The molecule has 3 rings (SSSR count). The maximum Gasteiger partial charge on any atom is 0.0434 e. The summed E-state index contributed by atoms with van der Waals surface area (Å²) in [6, 6.07) is 13.7. The van der Waals surface area contributed by atoms with Crippen LogP contribution in [0.3, 0.4) is 0 Å². The first-order chi connectivity index (χ1) is 13.3. The van der Waals surface area contributed by atoms with E-state index >= 15 is 0 Å². The SMILES string of the molecule is CCCCCCc1ccc(-c2ccc([C@H]3CC[C@H](CCC)CC3)nc2)cc1. The molecule has 1 saturated carbocycles. The van der Waals surface area contributed by atoms with Crippen molar-refractivity contribution in [2.75, 3.05) is 0 Å². The van der Waals surface area contributed by atoms with Gasteiger partial charge in [0.1, 0.15) is 0 Å². The largest absolute Gasteiger partial charge is 0.260 e. The van der Waals surface area contributed by atoms with E-state index in [1.165, 1.54) is 93.0 Å². The Morgan fingerprint density at radius 2 is 1.52 bits per heavy atom. The zero-order valence-corrected chi connectivity index (χ0v) is 17.4. The molecule has 1 nitrogen and oxygen atoms in total. The molecule has 1 heteroatoms. The minimum absolute atomic E-state index is 0.678. The van der Waals surface area contributed by atoms with Crippen LogP contribution in [0.5, 0.6) is 0 Å². The molecule has 2 aromatic rings. The first-order valence-electron chi connectivity index (χ1n) is 11.4. The van der Waals surface area contributed by atoms with Gasteiger partial charge in [0.2, 0.25) is 0 Å². The minimum Gasteiger partial charge on any atom is -0.260 e. The van der Waals surface area contributed by atoms with E-state index in [1.54, 1.807) is 0 Å². The lowest BCUT2D eigenvalue weighted by molar-refractivity contribution is 0.305. The standard InChI is InChI=1S/C26H37N/c1-3-5-6-7-9-22-10-14-23(15-11-22)25-18-19-26(27-20-25)24-16-12-21(8-4-2)13-17-24/h10-11,14-15,18-21,24H,3-9,12-13,16-17H2,1-2H3/t21-,24-. The second-order valence-electron chi connectivity index (χ2n) is 8.49. The lowest BCUT2D eigenvalue weighted by Crippen LogP contribution is -2.14. The zero-order chi connectivity index (χ0) is 18.9. The second-order valence-corrected chi connectivity index (χ2v) is 8.49. The van der Waals surface area contributed by atoms with Gasteiger partial charge in [-0.1, -0.05) is 76.3 Å².